The molecule has 0 aromatic carbocycles. The van der Waals surface area contributed by atoms with Gasteiger partial charge in [0.15, 0.2) is 0 Å². The van der Waals surface area contributed by atoms with Gasteiger partial charge in [0.25, 0.3) is 12.0 Å². The van der Waals surface area contributed by atoms with E-state index in [1.165, 1.54) is 6.07 Å². The Kier molecular flexibility index (Phi) is 2.54. The van der Waals surface area contributed by atoms with Gasteiger partial charge in [0.1, 0.15) is 0 Å². The monoisotopic (exact) mass is 175 g/mol. The molecule has 5 heteroatoms. The summed E-state index contributed by atoms with van der Waals surface area (Å²) >= 11 is 0. The summed E-state index contributed by atoms with van der Waals surface area (Å²) in [5.41, 5.74) is -1.02. The average molecular weight is 175 g/mol. The lowest BCUT2D eigenvalue weighted by Crippen LogP contribution is -2.14. The molecule has 0 aliphatic carbocycles. The molecule has 0 atom stereocenters. The molecule has 0 spiro atoms. The normalized spacial score (nSPS) is 10.7. The topological polar surface area (TPSA) is 53.1 Å². The van der Waals surface area contributed by atoms with Crippen molar-refractivity contribution in [2.24, 2.45) is 0 Å². The van der Waals surface area contributed by atoms with Crippen molar-refractivity contribution in [1.82, 2.24) is 4.98 Å². The van der Waals surface area contributed by atoms with E-state index in [0.717, 1.165) is 6.07 Å². The van der Waals surface area contributed by atoms with Crippen LogP contribution in [0.3, 0.4) is 0 Å². The van der Waals surface area contributed by atoms with Crippen LogP contribution in [0.25, 0.3) is 0 Å². The number of nitrogens with one attached hydrogen (secondary N) is 1. The van der Waals surface area contributed by atoms with Crippen LogP contribution in [0.15, 0.2) is 16.9 Å². The van der Waals surface area contributed by atoms with Crippen molar-refractivity contribution in [1.29, 1.82) is 0 Å². The fourth-order valence-corrected chi connectivity index (χ4v) is 0.771. The van der Waals surface area contributed by atoms with Gasteiger partial charge in [-0.15, -0.1) is 0 Å². The molecule has 12 heavy (non-hydrogen) atoms. The van der Waals surface area contributed by atoms with E-state index in [0.29, 0.717) is 0 Å². The molecule has 0 radical (unpaired) electrons. The second-order valence-corrected chi connectivity index (χ2v) is 2.23. The Morgan fingerprint density at radius 2 is 2.17 bits per heavy atom. The van der Waals surface area contributed by atoms with Gasteiger partial charge >= 0.3 is 0 Å². The highest BCUT2D eigenvalue weighted by Crippen LogP contribution is 2.13. The second-order valence-electron chi connectivity index (χ2n) is 2.23. The summed E-state index contributed by atoms with van der Waals surface area (Å²) in [5, 5.41) is 8.54. The molecule has 1 rings (SSSR count). The summed E-state index contributed by atoms with van der Waals surface area (Å²) in [6.45, 7) is -0.446. The Morgan fingerprint density at radius 1 is 1.50 bits per heavy atom. The van der Waals surface area contributed by atoms with E-state index in [1.807, 2.05) is 4.98 Å². The van der Waals surface area contributed by atoms with Crippen LogP contribution in [0.1, 0.15) is 17.7 Å². The lowest BCUT2D eigenvalue weighted by Gasteiger charge is -1.99. The smallest absolute Gasteiger partial charge is 0.278 e. The van der Waals surface area contributed by atoms with E-state index >= 15 is 0 Å². The molecule has 1 aromatic heterocycles. The lowest BCUT2D eigenvalue weighted by atomic mass is 10.2. The minimum Gasteiger partial charge on any atom is -0.391 e. The molecule has 2 N–H and O–H groups in total. The van der Waals surface area contributed by atoms with Gasteiger partial charge in [-0.3, -0.25) is 4.79 Å². The maximum absolute atomic E-state index is 12.0. The SMILES string of the molecule is O=c1[nH]c(C(F)F)ccc1CO. The minimum atomic E-state index is -2.69. The molecular formula is C7H7F2NO2. The number of H-pyrrole nitrogens is 1. The lowest BCUT2D eigenvalue weighted by molar-refractivity contribution is 0.145. The Hall–Kier alpha value is -1.23. The Morgan fingerprint density at radius 3 is 2.58 bits per heavy atom. The molecular weight excluding hydrogens is 168 g/mol. The molecule has 1 heterocycles. The highest BCUT2D eigenvalue weighted by Gasteiger charge is 2.08. The predicted molar refractivity (Wildman–Crippen MR) is 37.9 cm³/mol. The number of aromatic amines is 1. The van der Waals surface area contributed by atoms with Crippen LogP contribution in [-0.2, 0) is 6.61 Å². The molecule has 3 nitrogen and oxygen atoms in total. The molecule has 0 aliphatic rings. The van der Waals surface area contributed by atoms with Gasteiger partial charge in [-0.25, -0.2) is 8.78 Å². The van der Waals surface area contributed by atoms with Crippen molar-refractivity contribution in [3.8, 4) is 0 Å². The van der Waals surface area contributed by atoms with Gasteiger partial charge in [-0.1, -0.05) is 0 Å². The fourth-order valence-electron chi connectivity index (χ4n) is 0.771. The number of hydrogen-bond donors (Lipinski definition) is 2. The summed E-state index contributed by atoms with van der Waals surface area (Å²) in [5.74, 6) is 0. The number of alkyl halides is 2. The van der Waals surface area contributed by atoms with Crippen LogP contribution >= 0.6 is 0 Å². The zero-order chi connectivity index (χ0) is 9.14. The van der Waals surface area contributed by atoms with Gasteiger partial charge in [0.2, 0.25) is 0 Å². The highest BCUT2D eigenvalue weighted by atomic mass is 19.3. The number of pyridine rings is 1. The van der Waals surface area contributed by atoms with Crippen molar-refractivity contribution >= 4 is 0 Å². The second kappa shape index (κ2) is 3.44. The van der Waals surface area contributed by atoms with Crippen molar-refractivity contribution < 1.29 is 13.9 Å². The molecule has 0 bridgehead atoms. The van der Waals surface area contributed by atoms with E-state index < -0.39 is 24.3 Å². The van der Waals surface area contributed by atoms with Crippen LogP contribution in [0.4, 0.5) is 8.78 Å². The molecule has 0 unspecified atom stereocenters. The number of halogens is 2. The highest BCUT2D eigenvalue weighted by molar-refractivity contribution is 5.14. The van der Waals surface area contributed by atoms with Crippen LogP contribution in [0.5, 0.6) is 0 Å². The predicted octanol–water partition coefficient (Wildman–Crippen LogP) is 0.805. The molecule has 0 amide bonds. The third kappa shape index (κ3) is 1.68. The largest absolute Gasteiger partial charge is 0.391 e. The number of hydrogen-bond acceptors (Lipinski definition) is 2. The molecule has 0 saturated carbocycles. The zero-order valence-electron chi connectivity index (χ0n) is 6.05. The van der Waals surface area contributed by atoms with E-state index in [-0.39, 0.29) is 5.56 Å². The van der Waals surface area contributed by atoms with Crippen LogP contribution in [-0.4, -0.2) is 10.1 Å². The van der Waals surface area contributed by atoms with Crippen LogP contribution in [0.2, 0.25) is 0 Å². The number of aliphatic hydroxyl groups is 1. The molecule has 0 aliphatic heterocycles. The quantitative estimate of drug-likeness (QED) is 0.698. The third-order valence-corrected chi connectivity index (χ3v) is 1.42. The average Bonchev–Trinajstić information content (AvgIpc) is 2.04. The fraction of sp³-hybridized carbons (Fsp3) is 0.286. The zero-order valence-corrected chi connectivity index (χ0v) is 6.05. The van der Waals surface area contributed by atoms with Gasteiger partial charge < -0.3 is 10.1 Å². The number of aromatic nitrogens is 1. The molecule has 66 valence electrons. The van der Waals surface area contributed by atoms with Crippen molar-refractivity contribution in [2.45, 2.75) is 13.0 Å². The first-order valence-corrected chi connectivity index (χ1v) is 3.26. The van der Waals surface area contributed by atoms with Gasteiger partial charge in [0.05, 0.1) is 12.3 Å². The first-order chi connectivity index (χ1) is 5.65. The van der Waals surface area contributed by atoms with E-state index in [1.54, 1.807) is 0 Å². The van der Waals surface area contributed by atoms with Crippen molar-refractivity contribution in [3.63, 3.8) is 0 Å². The van der Waals surface area contributed by atoms with E-state index in [2.05, 4.69) is 0 Å². The molecule has 0 saturated heterocycles. The first-order valence-electron chi connectivity index (χ1n) is 3.26. The Balaban J connectivity index is 3.11. The summed E-state index contributed by atoms with van der Waals surface area (Å²) in [7, 11) is 0. The Labute approximate surface area is 66.7 Å². The first kappa shape index (κ1) is 8.86. The van der Waals surface area contributed by atoms with Crippen molar-refractivity contribution in [3.05, 3.63) is 33.7 Å². The third-order valence-electron chi connectivity index (χ3n) is 1.42. The van der Waals surface area contributed by atoms with Gasteiger partial charge in [0, 0.05) is 5.56 Å². The van der Waals surface area contributed by atoms with Crippen LogP contribution < -0.4 is 5.56 Å². The summed E-state index contributed by atoms with van der Waals surface area (Å²) < 4.78 is 23.9. The van der Waals surface area contributed by atoms with E-state index in [4.69, 9.17) is 5.11 Å². The summed E-state index contributed by atoms with van der Waals surface area (Å²) in [4.78, 5) is 12.8. The van der Waals surface area contributed by atoms with Gasteiger partial charge in [-0.05, 0) is 12.1 Å². The number of aliphatic hydroxyl groups excluding tert-OH is 1. The maximum atomic E-state index is 12.0. The summed E-state index contributed by atoms with van der Waals surface area (Å²) in [6.07, 6.45) is -2.69. The van der Waals surface area contributed by atoms with Crippen molar-refractivity contribution in [2.75, 3.05) is 0 Å². The van der Waals surface area contributed by atoms with Crippen LogP contribution in [0, 0.1) is 0 Å². The Bertz CT molecular complexity index is 321. The maximum Gasteiger partial charge on any atom is 0.278 e. The summed E-state index contributed by atoms with van der Waals surface area (Å²) in [6, 6.07) is 2.26. The standard InChI is InChI=1S/C7H7F2NO2/c8-6(9)5-2-1-4(3-11)7(12)10-5/h1-2,6,11H,3H2,(H,10,12). The van der Waals surface area contributed by atoms with E-state index in [9.17, 15) is 13.6 Å². The number of rotatable bonds is 2. The minimum absolute atomic E-state index is 0.0828. The molecule has 1 aromatic rings. The molecule has 0 fully saturated rings. The van der Waals surface area contributed by atoms with Gasteiger partial charge in [-0.2, -0.15) is 0 Å².